The number of likely N-dealkylation sites (N-methyl/N-ethyl adjacent to an activating group) is 1. The zero-order valence-electron chi connectivity index (χ0n) is 22.6. The summed E-state index contributed by atoms with van der Waals surface area (Å²) >= 11 is 0. The number of carbonyl (C=O) groups excluding carboxylic acids is 3. The molecule has 2 heterocycles. The first kappa shape index (κ1) is 28.0. The van der Waals surface area contributed by atoms with E-state index < -0.39 is 28.9 Å². The molecule has 2 aromatic carbocycles. The van der Waals surface area contributed by atoms with Crippen LogP contribution in [0.4, 0.5) is 30.8 Å². The molecule has 10 nitrogen and oxygen atoms in total. The van der Waals surface area contributed by atoms with Crippen LogP contribution in [0.25, 0.3) is 0 Å². The number of ether oxygens (including phenoxy) is 1. The van der Waals surface area contributed by atoms with Gasteiger partial charge in [-0.15, -0.1) is 0 Å². The van der Waals surface area contributed by atoms with Gasteiger partial charge in [-0.25, -0.2) is 18.6 Å². The molecule has 1 aromatic heterocycles. The smallest absolute Gasteiger partial charge is 0.323 e. The number of carbonyl (C=O) groups is 3. The van der Waals surface area contributed by atoms with Gasteiger partial charge in [0.25, 0.3) is 0 Å². The molecule has 12 heteroatoms. The molecule has 0 radical (unpaired) electrons. The molecule has 5 rings (SSSR count). The summed E-state index contributed by atoms with van der Waals surface area (Å²) in [5.41, 5.74) is -0.749. The van der Waals surface area contributed by atoms with Crippen LogP contribution in [0, 0.1) is 17.0 Å². The minimum Gasteiger partial charge on any atom is -0.454 e. The molecule has 1 aliphatic carbocycles. The molecule has 1 saturated carbocycles. The standard InChI is InChI=1S/C29H30F2N6O4/c1-36(2)21-10-14-37(17-21)28(40)35-25-16-22(9-13-32-25)41-24-8-7-20(15-23(24)31)34-27(39)29(11-12-29)26(38)33-19-5-3-18(30)4-6-19/h3-9,13,15-16,21H,10-12,14,17H2,1-2H3,(H,33,38)(H,34,39)(H,32,35,40)/t21-/m1/s1. The van der Waals surface area contributed by atoms with Crippen molar-refractivity contribution in [1.82, 2.24) is 14.8 Å². The van der Waals surface area contributed by atoms with Crippen molar-refractivity contribution in [3.8, 4) is 11.5 Å². The van der Waals surface area contributed by atoms with E-state index in [1.165, 1.54) is 54.7 Å². The van der Waals surface area contributed by atoms with Crippen LogP contribution in [0.5, 0.6) is 11.5 Å². The Morgan fingerprint density at radius 1 is 0.951 bits per heavy atom. The summed E-state index contributed by atoms with van der Waals surface area (Å²) in [6, 6.07) is 12.2. The van der Waals surface area contributed by atoms with Gasteiger partial charge in [0.1, 0.15) is 22.8 Å². The average Bonchev–Trinajstić information content (AvgIpc) is 3.60. The first-order valence-electron chi connectivity index (χ1n) is 13.2. The van der Waals surface area contributed by atoms with E-state index in [0.717, 1.165) is 12.5 Å². The maximum absolute atomic E-state index is 14.9. The van der Waals surface area contributed by atoms with Gasteiger partial charge in [-0.05, 0) is 75.8 Å². The van der Waals surface area contributed by atoms with Crippen molar-refractivity contribution in [3.05, 3.63) is 72.4 Å². The lowest BCUT2D eigenvalue weighted by atomic mass is 10.0. The van der Waals surface area contributed by atoms with Crippen LogP contribution in [0.1, 0.15) is 19.3 Å². The lowest BCUT2D eigenvalue weighted by Crippen LogP contribution is -2.37. The zero-order chi connectivity index (χ0) is 29.1. The van der Waals surface area contributed by atoms with Crippen molar-refractivity contribution in [1.29, 1.82) is 0 Å². The molecule has 1 saturated heterocycles. The maximum Gasteiger partial charge on any atom is 0.323 e. The van der Waals surface area contributed by atoms with Crippen LogP contribution in [-0.4, -0.2) is 65.9 Å². The molecule has 2 aliphatic rings. The fourth-order valence-corrected chi connectivity index (χ4v) is 4.58. The summed E-state index contributed by atoms with van der Waals surface area (Å²) in [7, 11) is 3.96. The SMILES string of the molecule is CN(C)[C@@H]1CCN(C(=O)Nc2cc(Oc3ccc(NC(=O)C4(C(=O)Nc5ccc(F)cc5)CC4)cc3F)ccn2)C1. The number of benzene rings is 2. The van der Waals surface area contributed by atoms with Crippen LogP contribution in [-0.2, 0) is 9.59 Å². The molecule has 4 amide bonds. The number of urea groups is 1. The van der Waals surface area contributed by atoms with Crippen LogP contribution in [0.15, 0.2) is 60.8 Å². The molecule has 3 aromatic rings. The van der Waals surface area contributed by atoms with Gasteiger partial charge in [-0.3, -0.25) is 14.9 Å². The minimum atomic E-state index is -1.28. The van der Waals surface area contributed by atoms with Gasteiger partial charge in [0.05, 0.1) is 0 Å². The molecular weight excluding hydrogens is 534 g/mol. The van der Waals surface area contributed by atoms with Crippen LogP contribution < -0.4 is 20.7 Å². The monoisotopic (exact) mass is 564 g/mol. The number of pyridine rings is 1. The minimum absolute atomic E-state index is 0.102. The quantitative estimate of drug-likeness (QED) is 0.343. The Morgan fingerprint density at radius 2 is 1.63 bits per heavy atom. The predicted octanol–water partition coefficient (Wildman–Crippen LogP) is 4.68. The van der Waals surface area contributed by atoms with Crippen molar-refractivity contribution in [2.75, 3.05) is 43.1 Å². The third-order valence-electron chi connectivity index (χ3n) is 7.29. The number of amides is 4. The normalized spacial score (nSPS) is 17.2. The van der Waals surface area contributed by atoms with E-state index in [1.54, 1.807) is 4.90 Å². The summed E-state index contributed by atoms with van der Waals surface area (Å²) in [5, 5.41) is 7.98. The highest BCUT2D eigenvalue weighted by atomic mass is 19.1. The van der Waals surface area contributed by atoms with Crippen molar-refractivity contribution in [3.63, 3.8) is 0 Å². The van der Waals surface area contributed by atoms with Gasteiger partial charge in [-0.1, -0.05) is 0 Å². The molecule has 1 atom stereocenters. The highest BCUT2D eigenvalue weighted by Crippen LogP contribution is 2.47. The fourth-order valence-electron chi connectivity index (χ4n) is 4.58. The van der Waals surface area contributed by atoms with Crippen LogP contribution in [0.3, 0.4) is 0 Å². The lowest BCUT2D eigenvalue weighted by molar-refractivity contribution is -0.131. The molecule has 41 heavy (non-hydrogen) atoms. The second-order valence-corrected chi connectivity index (χ2v) is 10.4. The average molecular weight is 565 g/mol. The number of nitrogens with one attached hydrogen (secondary N) is 3. The van der Waals surface area contributed by atoms with Crippen molar-refractivity contribution >= 4 is 35.0 Å². The molecule has 3 N–H and O–H groups in total. The number of hydrogen-bond acceptors (Lipinski definition) is 6. The number of hydrogen-bond donors (Lipinski definition) is 3. The second-order valence-electron chi connectivity index (χ2n) is 10.4. The Hall–Kier alpha value is -4.58. The number of aromatic nitrogens is 1. The first-order chi connectivity index (χ1) is 19.6. The van der Waals surface area contributed by atoms with E-state index in [9.17, 15) is 23.2 Å². The van der Waals surface area contributed by atoms with Crippen molar-refractivity contribution in [2.45, 2.75) is 25.3 Å². The topological polar surface area (TPSA) is 116 Å². The zero-order valence-corrected chi connectivity index (χ0v) is 22.6. The highest BCUT2D eigenvalue weighted by Gasteiger charge is 2.56. The Balaban J connectivity index is 1.18. The molecule has 214 valence electrons. The Labute approximate surface area is 235 Å². The summed E-state index contributed by atoms with van der Waals surface area (Å²) in [6.07, 6.45) is 3.00. The number of nitrogens with zero attached hydrogens (tertiary/aromatic N) is 3. The van der Waals surface area contributed by atoms with Gasteiger partial charge in [0.2, 0.25) is 11.8 Å². The maximum atomic E-state index is 14.9. The molecule has 0 spiro atoms. The molecule has 0 bridgehead atoms. The number of halogens is 2. The first-order valence-corrected chi connectivity index (χ1v) is 13.2. The van der Waals surface area contributed by atoms with E-state index in [0.29, 0.717) is 37.7 Å². The number of rotatable bonds is 8. The van der Waals surface area contributed by atoms with Crippen LogP contribution >= 0.6 is 0 Å². The third-order valence-corrected chi connectivity index (χ3v) is 7.29. The van der Waals surface area contributed by atoms with Gasteiger partial charge in [0.15, 0.2) is 11.6 Å². The summed E-state index contributed by atoms with van der Waals surface area (Å²) < 4.78 is 33.7. The molecule has 1 aliphatic heterocycles. The summed E-state index contributed by atoms with van der Waals surface area (Å²) in [4.78, 5) is 46.2. The van der Waals surface area contributed by atoms with Crippen molar-refractivity contribution < 1.29 is 27.9 Å². The number of likely N-dealkylation sites (tertiary alicyclic amines) is 1. The van der Waals surface area contributed by atoms with Gasteiger partial charge < -0.3 is 25.2 Å². The van der Waals surface area contributed by atoms with E-state index in [1.807, 2.05) is 14.1 Å². The van der Waals surface area contributed by atoms with Gasteiger partial charge >= 0.3 is 6.03 Å². The summed E-state index contributed by atoms with van der Waals surface area (Å²) in [6.45, 7) is 1.25. The Morgan fingerprint density at radius 3 is 2.27 bits per heavy atom. The van der Waals surface area contributed by atoms with E-state index in [2.05, 4.69) is 25.8 Å². The molecular formula is C29H30F2N6O4. The van der Waals surface area contributed by atoms with E-state index in [4.69, 9.17) is 4.74 Å². The Bertz CT molecular complexity index is 1460. The highest BCUT2D eigenvalue weighted by molar-refractivity contribution is 6.16. The lowest BCUT2D eigenvalue weighted by Gasteiger charge is -2.20. The van der Waals surface area contributed by atoms with E-state index in [-0.39, 0.29) is 29.0 Å². The predicted molar refractivity (Wildman–Crippen MR) is 149 cm³/mol. The van der Waals surface area contributed by atoms with Crippen LogP contribution in [0.2, 0.25) is 0 Å². The second kappa shape index (κ2) is 11.5. The molecule has 0 unspecified atom stereocenters. The van der Waals surface area contributed by atoms with Crippen molar-refractivity contribution in [2.24, 2.45) is 5.41 Å². The largest absolute Gasteiger partial charge is 0.454 e. The van der Waals surface area contributed by atoms with Gasteiger partial charge in [0, 0.05) is 48.8 Å². The Kier molecular flexibility index (Phi) is 7.84. The molecule has 2 fully saturated rings. The fraction of sp³-hybridized carbons (Fsp3) is 0.310. The number of anilines is 3. The third kappa shape index (κ3) is 6.43. The van der Waals surface area contributed by atoms with E-state index >= 15 is 0 Å². The van der Waals surface area contributed by atoms with Gasteiger partial charge in [-0.2, -0.15) is 0 Å². The summed E-state index contributed by atoms with van der Waals surface area (Å²) in [5.74, 6) is -1.83.